The molecule has 0 aromatic heterocycles. The Morgan fingerprint density at radius 3 is 2.35 bits per heavy atom. The Morgan fingerprint density at radius 1 is 1.15 bits per heavy atom. The van der Waals surface area contributed by atoms with E-state index in [4.69, 9.17) is 4.74 Å². The summed E-state index contributed by atoms with van der Waals surface area (Å²) in [5.41, 5.74) is 1.48. The molecule has 20 heavy (non-hydrogen) atoms. The van der Waals surface area contributed by atoms with Gasteiger partial charge in [0, 0.05) is 6.21 Å². The fourth-order valence-electron chi connectivity index (χ4n) is 1.78. The molecule has 0 saturated carbocycles. The Morgan fingerprint density at radius 2 is 1.80 bits per heavy atom. The maximum atomic E-state index is 11.3. The first-order valence-electron chi connectivity index (χ1n) is 6.15. The first-order chi connectivity index (χ1) is 9.70. The molecule has 0 saturated heterocycles. The lowest BCUT2D eigenvalue weighted by Gasteiger charge is -2.07. The lowest BCUT2D eigenvalue weighted by atomic mass is 10.1. The number of carboxylic acid groups (broad SMARTS) is 1. The van der Waals surface area contributed by atoms with Gasteiger partial charge in [-0.15, -0.1) is 0 Å². The third kappa shape index (κ3) is 3.45. The van der Waals surface area contributed by atoms with Crippen molar-refractivity contribution in [3.63, 3.8) is 0 Å². The van der Waals surface area contributed by atoms with E-state index in [0.717, 1.165) is 11.3 Å². The molecule has 2 aromatic rings. The van der Waals surface area contributed by atoms with E-state index >= 15 is 0 Å². The lowest BCUT2D eigenvalue weighted by molar-refractivity contribution is -0.138. The summed E-state index contributed by atoms with van der Waals surface area (Å²) in [5.74, 6) is -0.221. The van der Waals surface area contributed by atoms with Crippen LogP contribution in [0.4, 0.5) is 0 Å². The highest BCUT2D eigenvalue weighted by Gasteiger charge is 2.17. The Kier molecular flexibility index (Phi) is 4.50. The van der Waals surface area contributed by atoms with Crippen molar-refractivity contribution in [1.82, 2.24) is 0 Å². The number of hydrogen-bond donors (Lipinski definition) is 1. The van der Waals surface area contributed by atoms with Crippen molar-refractivity contribution in [3.05, 3.63) is 65.7 Å². The summed E-state index contributed by atoms with van der Waals surface area (Å²) in [7, 11) is 1.60. The second kappa shape index (κ2) is 6.52. The average molecular weight is 269 g/mol. The molecular weight excluding hydrogens is 254 g/mol. The van der Waals surface area contributed by atoms with Gasteiger partial charge in [-0.2, -0.15) is 0 Å². The standard InChI is InChI=1S/C16H15NO3/c1-20-14-9-7-12(8-10-14)11-17-15(16(18)19)13-5-3-2-4-6-13/h2-11,15H,1H3,(H,18,19). The molecule has 4 nitrogen and oxygen atoms in total. The summed E-state index contributed by atoms with van der Waals surface area (Å²) in [6, 6.07) is 15.3. The molecule has 1 atom stereocenters. The highest BCUT2D eigenvalue weighted by Crippen LogP contribution is 2.17. The van der Waals surface area contributed by atoms with Gasteiger partial charge in [-0.3, -0.25) is 4.99 Å². The fraction of sp³-hybridized carbons (Fsp3) is 0.125. The first kappa shape index (κ1) is 13.8. The Bertz CT molecular complexity index is 591. The minimum Gasteiger partial charge on any atom is -0.497 e. The van der Waals surface area contributed by atoms with Gasteiger partial charge in [0.1, 0.15) is 5.75 Å². The number of methoxy groups -OCH3 is 1. The van der Waals surface area contributed by atoms with Crippen LogP contribution in [0.25, 0.3) is 0 Å². The van der Waals surface area contributed by atoms with Crippen molar-refractivity contribution >= 4 is 12.2 Å². The number of hydrogen-bond acceptors (Lipinski definition) is 3. The van der Waals surface area contributed by atoms with Crippen LogP contribution in [-0.2, 0) is 4.79 Å². The van der Waals surface area contributed by atoms with Crippen LogP contribution < -0.4 is 4.74 Å². The van der Waals surface area contributed by atoms with E-state index in [1.165, 1.54) is 0 Å². The molecule has 0 aliphatic rings. The second-order valence-corrected chi connectivity index (χ2v) is 4.20. The Hall–Kier alpha value is -2.62. The SMILES string of the molecule is COc1ccc(C=NC(C(=O)O)c2ccccc2)cc1. The maximum absolute atomic E-state index is 11.3. The second-order valence-electron chi connectivity index (χ2n) is 4.20. The summed E-state index contributed by atoms with van der Waals surface area (Å²) in [4.78, 5) is 15.4. The summed E-state index contributed by atoms with van der Waals surface area (Å²) < 4.78 is 5.06. The van der Waals surface area contributed by atoms with Gasteiger partial charge in [-0.05, 0) is 35.4 Å². The van der Waals surface area contributed by atoms with Crippen molar-refractivity contribution in [2.75, 3.05) is 7.11 Å². The van der Waals surface area contributed by atoms with Gasteiger partial charge >= 0.3 is 5.97 Å². The Labute approximate surface area is 117 Å². The molecule has 0 amide bonds. The maximum Gasteiger partial charge on any atom is 0.333 e. The van der Waals surface area contributed by atoms with Gasteiger partial charge in [-0.1, -0.05) is 30.3 Å². The van der Waals surface area contributed by atoms with Crippen LogP contribution in [0.3, 0.4) is 0 Å². The molecule has 0 aliphatic heterocycles. The minimum atomic E-state index is -0.971. The zero-order valence-electron chi connectivity index (χ0n) is 11.1. The largest absolute Gasteiger partial charge is 0.497 e. The Balaban J connectivity index is 2.19. The molecule has 2 aromatic carbocycles. The number of ether oxygens (including phenoxy) is 1. The molecular formula is C16H15NO3. The average Bonchev–Trinajstić information content (AvgIpc) is 2.49. The highest BCUT2D eigenvalue weighted by atomic mass is 16.5. The minimum absolute atomic E-state index is 0.657. The molecule has 0 bridgehead atoms. The molecule has 2 rings (SSSR count). The molecule has 0 radical (unpaired) electrons. The molecule has 1 N–H and O–H groups in total. The van der Waals surface area contributed by atoms with E-state index < -0.39 is 12.0 Å². The van der Waals surface area contributed by atoms with E-state index in [0.29, 0.717) is 5.56 Å². The molecule has 0 spiro atoms. The van der Waals surface area contributed by atoms with E-state index in [1.54, 1.807) is 49.7 Å². The monoisotopic (exact) mass is 269 g/mol. The number of carboxylic acids is 1. The number of aliphatic imine (C=N–C) groups is 1. The van der Waals surface area contributed by atoms with E-state index in [2.05, 4.69) is 4.99 Å². The number of rotatable bonds is 5. The van der Waals surface area contributed by atoms with Gasteiger partial charge in [0.25, 0.3) is 0 Å². The van der Waals surface area contributed by atoms with E-state index in [-0.39, 0.29) is 0 Å². The van der Waals surface area contributed by atoms with Crippen molar-refractivity contribution in [3.8, 4) is 5.75 Å². The normalized spacial score (nSPS) is 12.2. The molecule has 4 heteroatoms. The van der Waals surface area contributed by atoms with Crippen LogP contribution in [0, 0.1) is 0 Å². The summed E-state index contributed by atoms with van der Waals surface area (Å²) in [6.45, 7) is 0. The van der Waals surface area contributed by atoms with Crippen LogP contribution >= 0.6 is 0 Å². The number of aliphatic carboxylic acids is 1. The van der Waals surface area contributed by atoms with E-state index in [1.807, 2.05) is 18.2 Å². The third-order valence-corrected chi connectivity index (χ3v) is 2.84. The summed E-state index contributed by atoms with van der Waals surface area (Å²) in [6.07, 6.45) is 1.56. The molecule has 102 valence electrons. The topological polar surface area (TPSA) is 58.9 Å². The zero-order chi connectivity index (χ0) is 14.4. The van der Waals surface area contributed by atoms with Crippen LogP contribution in [-0.4, -0.2) is 24.4 Å². The number of nitrogens with zero attached hydrogens (tertiary/aromatic N) is 1. The highest BCUT2D eigenvalue weighted by molar-refractivity contribution is 5.84. The zero-order valence-corrected chi connectivity index (χ0v) is 11.1. The van der Waals surface area contributed by atoms with Gasteiger partial charge < -0.3 is 9.84 Å². The molecule has 0 fully saturated rings. The van der Waals surface area contributed by atoms with Crippen LogP contribution in [0.15, 0.2) is 59.6 Å². The van der Waals surface area contributed by atoms with Gasteiger partial charge in [-0.25, -0.2) is 4.79 Å². The molecule has 1 unspecified atom stereocenters. The van der Waals surface area contributed by atoms with Crippen LogP contribution in [0.5, 0.6) is 5.75 Å². The predicted molar refractivity (Wildman–Crippen MR) is 77.4 cm³/mol. The molecule has 0 heterocycles. The number of benzene rings is 2. The fourth-order valence-corrected chi connectivity index (χ4v) is 1.78. The van der Waals surface area contributed by atoms with Crippen molar-refractivity contribution < 1.29 is 14.6 Å². The lowest BCUT2D eigenvalue weighted by Crippen LogP contribution is -2.09. The van der Waals surface area contributed by atoms with Gasteiger partial charge in [0.2, 0.25) is 0 Å². The number of carbonyl (C=O) groups is 1. The van der Waals surface area contributed by atoms with Crippen LogP contribution in [0.2, 0.25) is 0 Å². The van der Waals surface area contributed by atoms with Crippen LogP contribution in [0.1, 0.15) is 17.2 Å². The first-order valence-corrected chi connectivity index (χ1v) is 6.15. The van der Waals surface area contributed by atoms with Gasteiger partial charge in [0.05, 0.1) is 7.11 Å². The summed E-state index contributed by atoms with van der Waals surface area (Å²) >= 11 is 0. The van der Waals surface area contributed by atoms with E-state index in [9.17, 15) is 9.90 Å². The van der Waals surface area contributed by atoms with Crippen molar-refractivity contribution in [2.45, 2.75) is 6.04 Å². The summed E-state index contributed by atoms with van der Waals surface area (Å²) in [5, 5.41) is 9.25. The van der Waals surface area contributed by atoms with Gasteiger partial charge in [0.15, 0.2) is 6.04 Å². The van der Waals surface area contributed by atoms with Crippen molar-refractivity contribution in [1.29, 1.82) is 0 Å². The third-order valence-electron chi connectivity index (χ3n) is 2.84. The quantitative estimate of drug-likeness (QED) is 0.849. The molecule has 0 aliphatic carbocycles. The van der Waals surface area contributed by atoms with Crippen molar-refractivity contribution in [2.24, 2.45) is 4.99 Å². The predicted octanol–water partition coefficient (Wildman–Crippen LogP) is 2.94. The smallest absolute Gasteiger partial charge is 0.333 e.